The van der Waals surface area contributed by atoms with Gasteiger partial charge in [0.25, 0.3) is 0 Å². The third-order valence-corrected chi connectivity index (χ3v) is 6.20. The highest BCUT2D eigenvalue weighted by atomic mass is 32.2. The fourth-order valence-corrected chi connectivity index (χ4v) is 3.84. The summed E-state index contributed by atoms with van der Waals surface area (Å²) in [6.45, 7) is 2.89. The minimum absolute atomic E-state index is 0.0857. The highest BCUT2D eigenvalue weighted by molar-refractivity contribution is 7.90. The molecule has 1 saturated heterocycles. The van der Waals surface area contributed by atoms with E-state index >= 15 is 0 Å². The number of piperidine rings is 1. The van der Waals surface area contributed by atoms with E-state index in [-0.39, 0.29) is 19.0 Å². The van der Waals surface area contributed by atoms with Gasteiger partial charge in [0.1, 0.15) is 0 Å². The number of rotatable bonds is 5. The van der Waals surface area contributed by atoms with Crippen LogP contribution in [0.5, 0.6) is 0 Å². The maximum atomic E-state index is 12.6. The number of halogens is 3. The molecule has 0 spiro atoms. The third kappa shape index (κ3) is 5.83. The summed E-state index contributed by atoms with van der Waals surface area (Å²) >= 11 is 0. The third-order valence-electron chi connectivity index (χ3n) is 4.57. The van der Waals surface area contributed by atoms with Crippen LogP contribution in [-0.4, -0.2) is 50.9 Å². The molecule has 10 heteroatoms. The average molecular weight is 406 g/mol. The molecule has 0 radical (unpaired) electrons. The number of sulfonamides is 1. The SMILES string of the molecule is CN=C(NCc1ccc(C)cc1)NCC1CCN(S(=O)(=O)C(F)(F)F)CC1. The number of benzene rings is 1. The molecule has 1 aromatic rings. The molecule has 27 heavy (non-hydrogen) atoms. The lowest BCUT2D eigenvalue weighted by Gasteiger charge is -2.31. The average Bonchev–Trinajstić information content (AvgIpc) is 2.62. The highest BCUT2D eigenvalue weighted by Gasteiger charge is 2.50. The predicted molar refractivity (Wildman–Crippen MR) is 98.7 cm³/mol. The van der Waals surface area contributed by atoms with Gasteiger partial charge in [-0.05, 0) is 31.2 Å². The van der Waals surface area contributed by atoms with Crippen molar-refractivity contribution < 1.29 is 21.6 Å². The molecule has 0 amide bonds. The Morgan fingerprint density at radius 1 is 1.19 bits per heavy atom. The molecule has 1 aliphatic rings. The van der Waals surface area contributed by atoms with Gasteiger partial charge >= 0.3 is 15.5 Å². The zero-order valence-corrected chi connectivity index (χ0v) is 16.2. The zero-order chi connectivity index (χ0) is 20.1. The molecule has 0 aliphatic carbocycles. The number of hydrogen-bond acceptors (Lipinski definition) is 3. The van der Waals surface area contributed by atoms with Crippen molar-refractivity contribution in [1.82, 2.24) is 14.9 Å². The van der Waals surface area contributed by atoms with Crippen LogP contribution in [-0.2, 0) is 16.6 Å². The first-order valence-electron chi connectivity index (χ1n) is 8.70. The Balaban J connectivity index is 1.77. The lowest BCUT2D eigenvalue weighted by molar-refractivity contribution is -0.0496. The summed E-state index contributed by atoms with van der Waals surface area (Å²) in [5, 5.41) is 6.33. The first-order valence-corrected chi connectivity index (χ1v) is 10.1. The Kier molecular flexibility index (Phi) is 7.10. The van der Waals surface area contributed by atoms with Crippen molar-refractivity contribution >= 4 is 16.0 Å². The number of guanidine groups is 1. The first-order chi connectivity index (χ1) is 12.6. The van der Waals surface area contributed by atoms with Gasteiger partial charge < -0.3 is 10.6 Å². The smallest absolute Gasteiger partial charge is 0.356 e. The van der Waals surface area contributed by atoms with Crippen LogP contribution in [0.25, 0.3) is 0 Å². The second-order valence-electron chi connectivity index (χ2n) is 6.59. The van der Waals surface area contributed by atoms with E-state index in [9.17, 15) is 21.6 Å². The number of hydrogen-bond donors (Lipinski definition) is 2. The highest BCUT2D eigenvalue weighted by Crippen LogP contribution is 2.30. The van der Waals surface area contributed by atoms with Crippen molar-refractivity contribution in [2.24, 2.45) is 10.9 Å². The van der Waals surface area contributed by atoms with Crippen LogP contribution in [0.2, 0.25) is 0 Å². The fourth-order valence-electron chi connectivity index (χ4n) is 2.85. The van der Waals surface area contributed by atoms with Crippen molar-refractivity contribution in [1.29, 1.82) is 0 Å². The van der Waals surface area contributed by atoms with Gasteiger partial charge in [0.15, 0.2) is 5.96 Å². The Hall–Kier alpha value is -1.81. The largest absolute Gasteiger partial charge is 0.511 e. The van der Waals surface area contributed by atoms with Gasteiger partial charge in [-0.1, -0.05) is 29.8 Å². The van der Waals surface area contributed by atoms with Gasteiger partial charge in [0.05, 0.1) is 0 Å². The van der Waals surface area contributed by atoms with Crippen LogP contribution in [0, 0.1) is 12.8 Å². The van der Waals surface area contributed by atoms with E-state index in [0.717, 1.165) is 5.56 Å². The van der Waals surface area contributed by atoms with Crippen LogP contribution < -0.4 is 10.6 Å². The number of aryl methyl sites for hydroxylation is 1. The van der Waals surface area contributed by atoms with E-state index in [2.05, 4.69) is 15.6 Å². The fraction of sp³-hybridized carbons (Fsp3) is 0.588. The molecule has 0 unspecified atom stereocenters. The molecule has 1 aromatic carbocycles. The van der Waals surface area contributed by atoms with Gasteiger partial charge in [-0.3, -0.25) is 4.99 Å². The minimum Gasteiger partial charge on any atom is -0.356 e. The lowest BCUT2D eigenvalue weighted by atomic mass is 9.98. The molecular formula is C17H25F3N4O2S. The maximum absolute atomic E-state index is 12.6. The van der Waals surface area contributed by atoms with E-state index in [1.54, 1.807) is 7.05 Å². The summed E-state index contributed by atoms with van der Waals surface area (Å²) in [6, 6.07) is 8.09. The molecule has 6 nitrogen and oxygen atoms in total. The molecule has 0 atom stereocenters. The minimum atomic E-state index is -5.24. The van der Waals surface area contributed by atoms with Gasteiger partial charge in [0.2, 0.25) is 0 Å². The Labute approximate surface area is 157 Å². The van der Waals surface area contributed by atoms with Gasteiger partial charge in [-0.15, -0.1) is 0 Å². The molecule has 2 N–H and O–H groups in total. The summed E-state index contributed by atoms with van der Waals surface area (Å²) in [4.78, 5) is 4.13. The molecule has 0 aromatic heterocycles. The van der Waals surface area contributed by atoms with Crippen molar-refractivity contribution in [3.8, 4) is 0 Å². The van der Waals surface area contributed by atoms with E-state index < -0.39 is 15.5 Å². The number of alkyl halides is 3. The van der Waals surface area contributed by atoms with Gasteiger partial charge in [-0.25, -0.2) is 8.42 Å². The molecule has 1 fully saturated rings. The van der Waals surface area contributed by atoms with Crippen LogP contribution in [0.15, 0.2) is 29.3 Å². The second kappa shape index (κ2) is 8.92. The van der Waals surface area contributed by atoms with E-state index in [1.807, 2.05) is 31.2 Å². The van der Waals surface area contributed by atoms with Gasteiger partial charge in [0, 0.05) is 33.2 Å². The molecule has 152 valence electrons. The van der Waals surface area contributed by atoms with Crippen molar-refractivity contribution in [2.45, 2.75) is 31.8 Å². The first kappa shape index (κ1) is 21.5. The monoisotopic (exact) mass is 406 g/mol. The molecule has 1 heterocycles. The van der Waals surface area contributed by atoms with Crippen molar-refractivity contribution in [3.05, 3.63) is 35.4 Å². The van der Waals surface area contributed by atoms with Crippen LogP contribution in [0.4, 0.5) is 13.2 Å². The quantitative estimate of drug-likeness (QED) is 0.581. The Bertz CT molecular complexity index is 740. The number of nitrogens with zero attached hydrogens (tertiary/aromatic N) is 2. The topological polar surface area (TPSA) is 73.8 Å². The van der Waals surface area contributed by atoms with E-state index in [4.69, 9.17) is 0 Å². The predicted octanol–water partition coefficient (Wildman–Crippen LogP) is 2.22. The maximum Gasteiger partial charge on any atom is 0.511 e. The summed E-state index contributed by atoms with van der Waals surface area (Å²) in [7, 11) is -3.58. The normalized spacial score (nSPS) is 17.7. The second-order valence-corrected chi connectivity index (χ2v) is 8.51. The zero-order valence-electron chi connectivity index (χ0n) is 15.4. The molecule has 0 bridgehead atoms. The summed E-state index contributed by atoms with van der Waals surface area (Å²) in [5.74, 6) is 0.684. The summed E-state index contributed by atoms with van der Waals surface area (Å²) in [6.07, 6.45) is 0.745. The molecule has 1 aliphatic heterocycles. The molecule has 2 rings (SSSR count). The number of nitrogens with one attached hydrogen (secondary N) is 2. The van der Waals surface area contributed by atoms with E-state index in [1.165, 1.54) is 5.56 Å². The Morgan fingerprint density at radius 2 is 1.78 bits per heavy atom. The number of aliphatic imine (C=N–C) groups is 1. The standard InChI is InChI=1S/C17H25F3N4O2S/c1-13-3-5-14(6-4-13)11-22-16(21-2)23-12-15-7-9-24(10-8-15)27(25,26)17(18,19)20/h3-6,15H,7-12H2,1-2H3,(H2,21,22,23). The van der Waals surface area contributed by atoms with Crippen LogP contribution in [0.3, 0.4) is 0 Å². The van der Waals surface area contributed by atoms with Crippen LogP contribution >= 0.6 is 0 Å². The van der Waals surface area contributed by atoms with E-state index in [0.29, 0.717) is 36.2 Å². The van der Waals surface area contributed by atoms with Gasteiger partial charge in [-0.2, -0.15) is 17.5 Å². The summed E-state index contributed by atoms with van der Waals surface area (Å²) < 4.78 is 61.2. The van der Waals surface area contributed by atoms with Crippen molar-refractivity contribution in [3.63, 3.8) is 0 Å². The molecular weight excluding hydrogens is 381 g/mol. The Morgan fingerprint density at radius 3 is 2.30 bits per heavy atom. The lowest BCUT2D eigenvalue weighted by Crippen LogP contribution is -2.47. The molecule has 0 saturated carbocycles. The van der Waals surface area contributed by atoms with Crippen molar-refractivity contribution in [2.75, 3.05) is 26.7 Å². The summed E-state index contributed by atoms with van der Waals surface area (Å²) in [5.41, 5.74) is -2.95. The van der Waals surface area contributed by atoms with Crippen LogP contribution in [0.1, 0.15) is 24.0 Å².